The highest BCUT2D eigenvalue weighted by Gasteiger charge is 2.36. The maximum atomic E-state index is 13.0. The van der Waals surface area contributed by atoms with Gasteiger partial charge in [0, 0.05) is 17.6 Å². The highest BCUT2D eigenvalue weighted by atomic mass is 16.2. The molecule has 0 radical (unpaired) electrons. The van der Waals surface area contributed by atoms with E-state index in [-0.39, 0.29) is 23.8 Å². The monoisotopic (exact) mass is 435 g/mol. The lowest BCUT2D eigenvalue weighted by Gasteiger charge is -2.30. The first-order valence-corrected chi connectivity index (χ1v) is 11.8. The number of primary amides is 1. The van der Waals surface area contributed by atoms with Crippen LogP contribution >= 0.6 is 0 Å². The van der Waals surface area contributed by atoms with Crippen molar-refractivity contribution >= 4 is 17.6 Å². The third-order valence-corrected chi connectivity index (χ3v) is 6.70. The van der Waals surface area contributed by atoms with Gasteiger partial charge in [-0.3, -0.25) is 4.79 Å². The van der Waals surface area contributed by atoms with Gasteiger partial charge in [0.2, 0.25) is 5.91 Å². The van der Waals surface area contributed by atoms with Crippen LogP contribution in [0.25, 0.3) is 0 Å². The summed E-state index contributed by atoms with van der Waals surface area (Å²) in [6.07, 6.45) is 4.64. The maximum absolute atomic E-state index is 13.0. The van der Waals surface area contributed by atoms with Gasteiger partial charge in [0.15, 0.2) is 0 Å². The first-order chi connectivity index (χ1) is 15.2. The Balaban J connectivity index is 1.75. The lowest BCUT2D eigenvalue weighted by molar-refractivity contribution is -0.117. The molecular weight excluding hydrogens is 398 g/mol. The first kappa shape index (κ1) is 23.8. The van der Waals surface area contributed by atoms with E-state index in [0.717, 1.165) is 48.1 Å². The Bertz CT molecular complexity index is 916. The maximum Gasteiger partial charge on any atom is 0.319 e. The van der Waals surface area contributed by atoms with Crippen LogP contribution in [0, 0.1) is 0 Å². The molecule has 32 heavy (non-hydrogen) atoms. The van der Waals surface area contributed by atoms with Crippen LogP contribution in [0.15, 0.2) is 42.5 Å². The molecule has 0 bridgehead atoms. The first-order valence-electron chi connectivity index (χ1n) is 11.8. The number of para-hydroxylation sites is 1. The van der Waals surface area contributed by atoms with Crippen LogP contribution in [-0.2, 0) is 16.6 Å². The topological polar surface area (TPSA) is 84.2 Å². The van der Waals surface area contributed by atoms with Crippen molar-refractivity contribution in [2.75, 3.05) is 11.9 Å². The average Bonchev–Trinajstić information content (AvgIpc) is 3.22. The molecule has 1 saturated carbocycles. The molecular formula is C27H37N3O2. The van der Waals surface area contributed by atoms with Crippen LogP contribution in [0.4, 0.5) is 10.5 Å². The molecule has 0 heterocycles. The SMILES string of the molecule is CC(C)c1cccc(C(C)C)c1NC(=O)NCC1(c2ccc(CC(N)=O)cc2)CCCC1. The minimum absolute atomic E-state index is 0.0684. The van der Waals surface area contributed by atoms with E-state index in [1.54, 1.807) is 0 Å². The number of hydrogen-bond acceptors (Lipinski definition) is 2. The van der Waals surface area contributed by atoms with E-state index >= 15 is 0 Å². The molecule has 1 aliphatic carbocycles. The summed E-state index contributed by atoms with van der Waals surface area (Å²) in [5.74, 6) is 0.322. The molecule has 5 nitrogen and oxygen atoms in total. The van der Waals surface area contributed by atoms with E-state index < -0.39 is 0 Å². The second kappa shape index (κ2) is 10.2. The van der Waals surface area contributed by atoms with Crippen molar-refractivity contribution < 1.29 is 9.59 Å². The third kappa shape index (κ3) is 5.50. The van der Waals surface area contributed by atoms with Crippen molar-refractivity contribution in [2.45, 2.75) is 77.0 Å². The molecule has 4 N–H and O–H groups in total. The number of nitrogens with two attached hydrogens (primary N) is 1. The Morgan fingerprint density at radius 1 is 0.938 bits per heavy atom. The fourth-order valence-corrected chi connectivity index (χ4v) is 4.90. The zero-order chi connectivity index (χ0) is 23.3. The normalized spacial score (nSPS) is 15.2. The highest BCUT2D eigenvalue weighted by Crippen LogP contribution is 2.41. The molecule has 3 rings (SSSR count). The molecule has 5 heteroatoms. The minimum Gasteiger partial charge on any atom is -0.369 e. The van der Waals surface area contributed by atoms with Crippen molar-refractivity contribution in [3.63, 3.8) is 0 Å². The quantitative estimate of drug-likeness (QED) is 0.505. The molecule has 0 atom stereocenters. The fourth-order valence-electron chi connectivity index (χ4n) is 4.90. The van der Waals surface area contributed by atoms with Gasteiger partial charge in [-0.1, -0.05) is 83.0 Å². The van der Waals surface area contributed by atoms with Gasteiger partial charge in [0.25, 0.3) is 0 Å². The van der Waals surface area contributed by atoms with Crippen LogP contribution in [-0.4, -0.2) is 18.5 Å². The van der Waals surface area contributed by atoms with Crippen molar-refractivity contribution in [1.29, 1.82) is 0 Å². The summed E-state index contributed by atoms with van der Waals surface area (Å²) in [6.45, 7) is 9.20. The van der Waals surface area contributed by atoms with E-state index in [1.807, 2.05) is 12.1 Å². The van der Waals surface area contributed by atoms with Gasteiger partial charge in [-0.05, 0) is 46.9 Å². The standard InChI is InChI=1S/C27H37N3O2/c1-18(2)22-8-7-9-23(19(3)4)25(22)30-26(32)29-17-27(14-5-6-15-27)21-12-10-20(11-13-21)16-24(28)31/h7-13,18-19H,5-6,14-17H2,1-4H3,(H2,28,31)(H2,29,30,32). The molecule has 2 aromatic rings. The number of carbonyl (C=O) groups excluding carboxylic acids is 2. The Labute approximate surface area is 192 Å². The van der Waals surface area contributed by atoms with Gasteiger partial charge in [-0.15, -0.1) is 0 Å². The second-order valence-electron chi connectivity index (χ2n) is 9.76. The molecule has 172 valence electrons. The third-order valence-electron chi connectivity index (χ3n) is 6.70. The predicted octanol–water partition coefficient (Wildman–Crippen LogP) is 5.59. The van der Waals surface area contributed by atoms with Crippen molar-refractivity contribution in [3.05, 3.63) is 64.7 Å². The molecule has 0 spiro atoms. The van der Waals surface area contributed by atoms with E-state index in [0.29, 0.717) is 18.4 Å². The summed E-state index contributed by atoms with van der Waals surface area (Å²) in [4.78, 5) is 24.2. The summed E-state index contributed by atoms with van der Waals surface area (Å²) in [5, 5.41) is 6.33. The summed E-state index contributed by atoms with van der Waals surface area (Å²) in [5.41, 5.74) is 10.6. The zero-order valence-electron chi connectivity index (χ0n) is 19.8. The molecule has 1 fully saturated rings. The summed E-state index contributed by atoms with van der Waals surface area (Å²) in [7, 11) is 0. The largest absolute Gasteiger partial charge is 0.369 e. The Morgan fingerprint density at radius 2 is 1.50 bits per heavy atom. The van der Waals surface area contributed by atoms with Gasteiger partial charge >= 0.3 is 6.03 Å². The van der Waals surface area contributed by atoms with E-state index in [9.17, 15) is 9.59 Å². The Kier molecular flexibility index (Phi) is 7.60. The summed E-state index contributed by atoms with van der Waals surface area (Å²) >= 11 is 0. The van der Waals surface area contributed by atoms with Crippen LogP contribution in [0.3, 0.4) is 0 Å². The number of nitrogens with one attached hydrogen (secondary N) is 2. The lowest BCUT2D eigenvalue weighted by atomic mass is 9.78. The fraction of sp³-hybridized carbons (Fsp3) is 0.481. The number of amides is 3. The minimum atomic E-state index is -0.325. The van der Waals surface area contributed by atoms with Crippen molar-refractivity contribution in [2.24, 2.45) is 5.73 Å². The predicted molar refractivity (Wildman–Crippen MR) is 131 cm³/mol. The van der Waals surface area contributed by atoms with Crippen LogP contribution in [0.2, 0.25) is 0 Å². The van der Waals surface area contributed by atoms with Crippen LogP contribution in [0.5, 0.6) is 0 Å². The summed E-state index contributed by atoms with van der Waals surface area (Å²) in [6, 6.07) is 14.3. The van der Waals surface area contributed by atoms with Crippen LogP contribution < -0.4 is 16.4 Å². The van der Waals surface area contributed by atoms with Gasteiger partial charge < -0.3 is 16.4 Å². The lowest BCUT2D eigenvalue weighted by Crippen LogP contribution is -2.41. The second-order valence-corrected chi connectivity index (χ2v) is 9.76. The van der Waals surface area contributed by atoms with E-state index in [4.69, 9.17) is 5.73 Å². The van der Waals surface area contributed by atoms with Gasteiger partial charge in [0.1, 0.15) is 0 Å². The summed E-state index contributed by atoms with van der Waals surface area (Å²) < 4.78 is 0. The number of benzene rings is 2. The molecule has 0 aromatic heterocycles. The molecule has 0 saturated heterocycles. The van der Waals surface area contributed by atoms with Crippen LogP contribution in [0.1, 0.15) is 87.5 Å². The number of hydrogen-bond donors (Lipinski definition) is 3. The smallest absolute Gasteiger partial charge is 0.319 e. The number of rotatable bonds is 8. The Morgan fingerprint density at radius 3 is 2.00 bits per heavy atom. The number of anilines is 1. The molecule has 0 aliphatic heterocycles. The molecule has 0 unspecified atom stereocenters. The zero-order valence-corrected chi connectivity index (χ0v) is 19.8. The van der Waals surface area contributed by atoms with Crippen molar-refractivity contribution in [3.8, 4) is 0 Å². The van der Waals surface area contributed by atoms with Crippen molar-refractivity contribution in [1.82, 2.24) is 5.32 Å². The van der Waals surface area contributed by atoms with Gasteiger partial charge in [-0.2, -0.15) is 0 Å². The number of carbonyl (C=O) groups is 2. The highest BCUT2D eigenvalue weighted by molar-refractivity contribution is 5.91. The Hall–Kier alpha value is -2.82. The molecule has 1 aliphatic rings. The van der Waals surface area contributed by atoms with Gasteiger partial charge in [0.05, 0.1) is 6.42 Å². The molecule has 3 amide bonds. The molecule has 2 aromatic carbocycles. The number of urea groups is 1. The average molecular weight is 436 g/mol. The van der Waals surface area contributed by atoms with Gasteiger partial charge in [-0.25, -0.2) is 4.79 Å². The van der Waals surface area contributed by atoms with E-state index in [2.05, 4.69) is 68.7 Å². The van der Waals surface area contributed by atoms with E-state index in [1.165, 1.54) is 5.56 Å².